The zero-order valence-corrected chi connectivity index (χ0v) is 14.8. The number of ether oxygens (including phenoxy) is 2. The minimum atomic E-state index is -0.0642. The number of halogens is 1. The monoisotopic (exact) mass is 360 g/mol. The summed E-state index contributed by atoms with van der Waals surface area (Å²) < 4.78 is 10.7. The maximum atomic E-state index is 12.9. The summed E-state index contributed by atoms with van der Waals surface area (Å²) in [4.78, 5) is 14.6. The minimum Gasteiger partial charge on any atom is -0.454 e. The smallest absolute Gasteiger partial charge is 0.253 e. The number of likely N-dealkylation sites (N-methyl/N-ethyl adjacent to an activating group) is 1. The van der Waals surface area contributed by atoms with Crippen molar-refractivity contribution >= 4 is 17.5 Å². The average molecular weight is 361 g/mol. The first-order chi connectivity index (χ1) is 12.1. The molecule has 0 saturated carbocycles. The van der Waals surface area contributed by atoms with Crippen molar-refractivity contribution in [1.82, 2.24) is 4.90 Å². The van der Waals surface area contributed by atoms with Crippen LogP contribution in [0.15, 0.2) is 42.5 Å². The predicted molar refractivity (Wildman–Crippen MR) is 97.3 cm³/mol. The second-order valence-electron chi connectivity index (χ2n) is 6.05. The van der Waals surface area contributed by atoms with E-state index >= 15 is 0 Å². The van der Waals surface area contributed by atoms with E-state index in [2.05, 4.69) is 0 Å². The van der Waals surface area contributed by atoms with Gasteiger partial charge in [-0.05, 0) is 55.3 Å². The van der Waals surface area contributed by atoms with Gasteiger partial charge in [-0.3, -0.25) is 4.79 Å². The van der Waals surface area contributed by atoms with E-state index in [0.717, 1.165) is 18.4 Å². The van der Waals surface area contributed by atoms with Crippen LogP contribution in [0.2, 0.25) is 5.02 Å². The molecule has 0 aliphatic carbocycles. The quantitative estimate of drug-likeness (QED) is 0.859. The Morgan fingerprint density at radius 2 is 1.92 bits per heavy atom. The lowest BCUT2D eigenvalue weighted by Crippen LogP contribution is -2.39. The molecule has 25 heavy (non-hydrogen) atoms. The van der Waals surface area contributed by atoms with Gasteiger partial charge in [0.1, 0.15) is 0 Å². The normalized spacial score (nSPS) is 13.6. The number of hydrogen-bond donors (Lipinski definition) is 1. The zero-order chi connectivity index (χ0) is 17.8. The Morgan fingerprint density at radius 1 is 1.20 bits per heavy atom. The first kappa shape index (κ1) is 17.6. The van der Waals surface area contributed by atoms with Crippen LogP contribution in [0.4, 0.5) is 0 Å². The molecule has 2 N–H and O–H groups in total. The first-order valence-corrected chi connectivity index (χ1v) is 8.57. The fourth-order valence-electron chi connectivity index (χ4n) is 2.92. The molecule has 0 unspecified atom stereocenters. The van der Waals surface area contributed by atoms with Gasteiger partial charge in [0.15, 0.2) is 11.5 Å². The van der Waals surface area contributed by atoms with Crippen LogP contribution in [0, 0.1) is 0 Å². The molecule has 0 radical (unpaired) electrons. The number of rotatable bonds is 6. The van der Waals surface area contributed by atoms with Crippen LogP contribution in [0.1, 0.15) is 22.3 Å². The van der Waals surface area contributed by atoms with Crippen molar-refractivity contribution < 1.29 is 14.3 Å². The van der Waals surface area contributed by atoms with Gasteiger partial charge in [0.05, 0.1) is 0 Å². The van der Waals surface area contributed by atoms with Gasteiger partial charge in [0.2, 0.25) is 6.79 Å². The second-order valence-corrected chi connectivity index (χ2v) is 6.48. The maximum absolute atomic E-state index is 12.9. The molecule has 5 nitrogen and oxygen atoms in total. The number of nitrogens with two attached hydrogens (primary N) is 1. The summed E-state index contributed by atoms with van der Waals surface area (Å²) in [6, 6.07) is 12.9. The second kappa shape index (κ2) is 7.76. The van der Waals surface area contributed by atoms with Crippen LogP contribution < -0.4 is 15.2 Å². The standard InChI is InChI=1S/C19H21ClN2O3/c1-22(16(8-9-21)10-13-2-5-15(20)6-3-13)19(23)14-4-7-17-18(11-14)25-12-24-17/h2-7,11,16H,8-10,12,21H2,1H3/t16-/m1/s1. The van der Waals surface area contributed by atoms with Gasteiger partial charge in [0, 0.05) is 23.7 Å². The summed E-state index contributed by atoms with van der Waals surface area (Å²) in [6.45, 7) is 0.701. The summed E-state index contributed by atoms with van der Waals surface area (Å²) in [6.07, 6.45) is 1.44. The van der Waals surface area contributed by atoms with Crippen molar-refractivity contribution in [2.75, 3.05) is 20.4 Å². The van der Waals surface area contributed by atoms with Crippen molar-refractivity contribution in [2.24, 2.45) is 5.73 Å². The van der Waals surface area contributed by atoms with Gasteiger partial charge >= 0.3 is 0 Å². The summed E-state index contributed by atoms with van der Waals surface area (Å²) in [7, 11) is 1.81. The fourth-order valence-corrected chi connectivity index (χ4v) is 3.04. The van der Waals surface area contributed by atoms with E-state index in [-0.39, 0.29) is 18.7 Å². The van der Waals surface area contributed by atoms with Crippen LogP contribution in [0.3, 0.4) is 0 Å². The van der Waals surface area contributed by atoms with Gasteiger partial charge in [-0.1, -0.05) is 23.7 Å². The van der Waals surface area contributed by atoms with Gasteiger partial charge in [-0.2, -0.15) is 0 Å². The van der Waals surface area contributed by atoms with E-state index in [9.17, 15) is 4.79 Å². The third kappa shape index (κ3) is 4.06. The van der Waals surface area contributed by atoms with E-state index in [1.165, 1.54) is 0 Å². The third-order valence-corrected chi connectivity index (χ3v) is 4.62. The van der Waals surface area contributed by atoms with Gasteiger partial charge < -0.3 is 20.1 Å². The number of amides is 1. The predicted octanol–water partition coefficient (Wildman–Crippen LogP) is 3.10. The Hall–Kier alpha value is -2.24. The van der Waals surface area contributed by atoms with Crippen molar-refractivity contribution in [2.45, 2.75) is 18.9 Å². The molecular weight excluding hydrogens is 340 g/mol. The van der Waals surface area contributed by atoms with Crippen LogP contribution in [-0.2, 0) is 6.42 Å². The van der Waals surface area contributed by atoms with Crippen LogP contribution in [0.5, 0.6) is 11.5 Å². The molecule has 1 aliphatic rings. The molecule has 1 atom stereocenters. The van der Waals surface area contributed by atoms with Crippen LogP contribution >= 0.6 is 11.6 Å². The highest BCUT2D eigenvalue weighted by atomic mass is 35.5. The Bertz CT molecular complexity index is 749. The van der Waals surface area contributed by atoms with Crippen molar-refractivity contribution in [1.29, 1.82) is 0 Å². The zero-order valence-electron chi connectivity index (χ0n) is 14.1. The minimum absolute atomic E-state index is 0.00379. The van der Waals surface area contributed by atoms with Crippen molar-refractivity contribution in [3.8, 4) is 11.5 Å². The molecule has 0 bridgehead atoms. The highest BCUT2D eigenvalue weighted by Gasteiger charge is 2.23. The lowest BCUT2D eigenvalue weighted by molar-refractivity contribution is 0.0725. The first-order valence-electron chi connectivity index (χ1n) is 8.20. The van der Waals surface area contributed by atoms with Crippen molar-refractivity contribution in [3.63, 3.8) is 0 Å². The third-order valence-electron chi connectivity index (χ3n) is 4.37. The molecule has 6 heteroatoms. The molecule has 2 aromatic carbocycles. The highest BCUT2D eigenvalue weighted by Crippen LogP contribution is 2.33. The average Bonchev–Trinajstić information content (AvgIpc) is 3.09. The Morgan fingerprint density at radius 3 is 2.64 bits per heavy atom. The molecule has 132 valence electrons. The Balaban J connectivity index is 1.76. The summed E-state index contributed by atoms with van der Waals surface area (Å²) in [5.41, 5.74) is 7.45. The highest BCUT2D eigenvalue weighted by molar-refractivity contribution is 6.30. The number of hydrogen-bond acceptors (Lipinski definition) is 4. The SMILES string of the molecule is CN(C(=O)c1ccc2c(c1)OCO2)[C@H](CCN)Cc1ccc(Cl)cc1. The van der Waals surface area contributed by atoms with E-state index in [0.29, 0.717) is 28.6 Å². The van der Waals surface area contributed by atoms with Gasteiger partial charge in [-0.25, -0.2) is 0 Å². The van der Waals surface area contributed by atoms with E-state index in [1.54, 1.807) is 23.1 Å². The van der Waals surface area contributed by atoms with Gasteiger partial charge in [-0.15, -0.1) is 0 Å². The van der Waals surface area contributed by atoms with Crippen molar-refractivity contribution in [3.05, 3.63) is 58.6 Å². The lowest BCUT2D eigenvalue weighted by atomic mass is 10.0. The van der Waals surface area contributed by atoms with Gasteiger partial charge in [0.25, 0.3) is 5.91 Å². The molecule has 0 saturated heterocycles. The van der Waals surface area contributed by atoms with E-state index < -0.39 is 0 Å². The summed E-state index contributed by atoms with van der Waals surface area (Å²) in [5.74, 6) is 1.21. The molecule has 2 aromatic rings. The summed E-state index contributed by atoms with van der Waals surface area (Å²) >= 11 is 5.94. The Labute approximate surface area is 152 Å². The summed E-state index contributed by atoms with van der Waals surface area (Å²) in [5, 5.41) is 0.698. The largest absolute Gasteiger partial charge is 0.454 e. The number of fused-ring (bicyclic) bond motifs is 1. The number of benzene rings is 2. The molecule has 1 amide bonds. The molecule has 3 rings (SSSR count). The Kier molecular flexibility index (Phi) is 5.46. The van der Waals surface area contributed by atoms with E-state index in [1.807, 2.05) is 31.3 Å². The maximum Gasteiger partial charge on any atom is 0.253 e. The topological polar surface area (TPSA) is 64.8 Å². The number of carbonyl (C=O) groups excluding carboxylic acids is 1. The van der Waals surface area contributed by atoms with Crippen LogP contribution in [-0.4, -0.2) is 37.2 Å². The molecule has 0 spiro atoms. The molecular formula is C19H21ClN2O3. The molecule has 1 aliphatic heterocycles. The number of carbonyl (C=O) groups is 1. The molecule has 0 aromatic heterocycles. The molecule has 1 heterocycles. The van der Waals surface area contributed by atoms with E-state index in [4.69, 9.17) is 26.8 Å². The number of nitrogens with zero attached hydrogens (tertiary/aromatic N) is 1. The fraction of sp³-hybridized carbons (Fsp3) is 0.316. The molecule has 0 fully saturated rings. The lowest BCUT2D eigenvalue weighted by Gasteiger charge is -2.28. The van der Waals surface area contributed by atoms with Crippen LogP contribution in [0.25, 0.3) is 0 Å².